The normalized spacial score (nSPS) is 21.2. The van der Waals surface area contributed by atoms with Crippen LogP contribution < -0.4 is 10.9 Å². The molecule has 0 saturated carbocycles. The summed E-state index contributed by atoms with van der Waals surface area (Å²) in [6.07, 6.45) is 1.66. The van der Waals surface area contributed by atoms with Gasteiger partial charge in [0.05, 0.1) is 11.4 Å². The quantitative estimate of drug-likeness (QED) is 0.841. The van der Waals surface area contributed by atoms with Crippen LogP contribution in [-0.2, 0) is 11.8 Å². The number of piperidine rings is 1. The minimum absolute atomic E-state index is 0.0905. The fraction of sp³-hybridized carbons (Fsp3) is 0.476. The number of para-hydroxylation sites is 1. The second-order valence-electron chi connectivity index (χ2n) is 7.93. The number of carbonyl (C=O) groups is 2. The molecule has 1 N–H and O–H groups in total. The smallest absolute Gasteiger partial charge is 0.322 e. The number of benzene rings is 1. The Kier molecular flexibility index (Phi) is 4.94. The summed E-state index contributed by atoms with van der Waals surface area (Å²) in [5.41, 5.74) is 1.52. The van der Waals surface area contributed by atoms with E-state index in [1.54, 1.807) is 16.3 Å². The van der Waals surface area contributed by atoms with Gasteiger partial charge in [-0.1, -0.05) is 18.2 Å². The van der Waals surface area contributed by atoms with Crippen LogP contribution in [0.3, 0.4) is 0 Å². The minimum atomic E-state index is -0.244. The number of hydrogen-bond donors (Lipinski definition) is 1. The van der Waals surface area contributed by atoms with Crippen molar-refractivity contribution in [3.63, 3.8) is 0 Å². The molecular formula is C21H27N5O3. The van der Waals surface area contributed by atoms with Crippen molar-refractivity contribution in [3.8, 4) is 5.69 Å². The molecule has 2 saturated heterocycles. The zero-order valence-corrected chi connectivity index (χ0v) is 17.1. The summed E-state index contributed by atoms with van der Waals surface area (Å²) in [7, 11) is 1.81. The number of anilines is 1. The summed E-state index contributed by atoms with van der Waals surface area (Å²) >= 11 is 0. The molecule has 1 aromatic carbocycles. The lowest BCUT2D eigenvalue weighted by atomic mass is 9.93. The van der Waals surface area contributed by atoms with E-state index in [0.717, 1.165) is 18.5 Å². The van der Waals surface area contributed by atoms with E-state index in [1.807, 2.05) is 54.1 Å². The average Bonchev–Trinajstić information content (AvgIpc) is 3.23. The standard InChI is InChI=1S/C21H27N5O3/c1-14-19(20(28)26(23(14)3)17-7-5-4-6-8-17)22-21(29)25-12-9-16-13-24(15(2)27)11-10-18(16)25/h4-8,16,18H,9-13H2,1-3H3,(H,22,29)/t16-,18+/m0/s1. The Labute approximate surface area is 169 Å². The van der Waals surface area contributed by atoms with Gasteiger partial charge in [-0.3, -0.25) is 14.3 Å². The molecular weight excluding hydrogens is 370 g/mol. The molecule has 0 aliphatic carbocycles. The van der Waals surface area contributed by atoms with Gasteiger partial charge in [0.15, 0.2) is 0 Å². The van der Waals surface area contributed by atoms with E-state index in [-0.39, 0.29) is 23.5 Å². The molecule has 2 aromatic rings. The largest absolute Gasteiger partial charge is 0.343 e. The third-order valence-corrected chi connectivity index (χ3v) is 6.33. The molecule has 2 aliphatic heterocycles. The molecule has 29 heavy (non-hydrogen) atoms. The fourth-order valence-corrected chi connectivity index (χ4v) is 4.61. The highest BCUT2D eigenvalue weighted by molar-refractivity contribution is 5.90. The van der Waals surface area contributed by atoms with E-state index in [1.165, 1.54) is 0 Å². The second kappa shape index (κ2) is 7.42. The third-order valence-electron chi connectivity index (χ3n) is 6.33. The molecule has 154 valence electrons. The second-order valence-corrected chi connectivity index (χ2v) is 7.93. The zero-order valence-electron chi connectivity index (χ0n) is 17.1. The molecule has 2 atom stereocenters. The Morgan fingerprint density at radius 3 is 2.52 bits per heavy atom. The summed E-state index contributed by atoms with van der Waals surface area (Å²) in [6.45, 7) is 5.44. The van der Waals surface area contributed by atoms with Crippen LogP contribution in [0.15, 0.2) is 35.1 Å². The number of nitrogens with zero attached hydrogens (tertiary/aromatic N) is 4. The maximum atomic E-state index is 13.0. The molecule has 8 nitrogen and oxygen atoms in total. The van der Waals surface area contributed by atoms with Crippen molar-refractivity contribution in [1.29, 1.82) is 0 Å². The summed E-state index contributed by atoms with van der Waals surface area (Å²) < 4.78 is 3.31. The SMILES string of the molecule is CC(=O)N1CC[C@@H]2[C@@H](CCN2C(=O)Nc2c(C)n(C)n(-c3ccccc3)c2=O)C1. The Balaban J connectivity index is 1.54. The zero-order chi connectivity index (χ0) is 20.7. The predicted octanol–water partition coefficient (Wildman–Crippen LogP) is 1.96. The van der Waals surface area contributed by atoms with Crippen LogP contribution in [0.1, 0.15) is 25.5 Å². The van der Waals surface area contributed by atoms with Crippen molar-refractivity contribution >= 4 is 17.6 Å². The van der Waals surface area contributed by atoms with E-state index in [2.05, 4.69) is 5.32 Å². The highest BCUT2D eigenvalue weighted by Crippen LogP contribution is 2.32. The topological polar surface area (TPSA) is 79.6 Å². The van der Waals surface area contributed by atoms with Gasteiger partial charge in [0, 0.05) is 39.6 Å². The van der Waals surface area contributed by atoms with E-state index >= 15 is 0 Å². The van der Waals surface area contributed by atoms with Crippen molar-refractivity contribution in [1.82, 2.24) is 19.2 Å². The lowest BCUT2D eigenvalue weighted by Gasteiger charge is -2.37. The molecule has 0 radical (unpaired) electrons. The van der Waals surface area contributed by atoms with E-state index < -0.39 is 0 Å². The molecule has 2 aliphatic rings. The summed E-state index contributed by atoms with van der Waals surface area (Å²) in [4.78, 5) is 41.4. The first-order valence-electron chi connectivity index (χ1n) is 10.1. The van der Waals surface area contributed by atoms with Crippen LogP contribution in [-0.4, -0.2) is 56.8 Å². The lowest BCUT2D eigenvalue weighted by molar-refractivity contribution is -0.130. The lowest BCUT2D eigenvalue weighted by Crippen LogP contribution is -2.49. The van der Waals surface area contributed by atoms with Crippen LogP contribution in [0.4, 0.5) is 10.5 Å². The summed E-state index contributed by atoms with van der Waals surface area (Å²) in [6, 6.07) is 9.25. The number of amides is 3. The monoisotopic (exact) mass is 397 g/mol. The van der Waals surface area contributed by atoms with Gasteiger partial charge in [-0.15, -0.1) is 0 Å². The van der Waals surface area contributed by atoms with Crippen molar-refractivity contribution in [3.05, 3.63) is 46.4 Å². The van der Waals surface area contributed by atoms with E-state index in [0.29, 0.717) is 36.9 Å². The van der Waals surface area contributed by atoms with Gasteiger partial charge >= 0.3 is 6.03 Å². The summed E-state index contributed by atoms with van der Waals surface area (Å²) in [5.74, 6) is 0.393. The molecule has 0 spiro atoms. The maximum Gasteiger partial charge on any atom is 0.322 e. The molecule has 0 unspecified atom stereocenters. The average molecular weight is 397 g/mol. The molecule has 3 heterocycles. The first kappa shape index (κ1) is 19.3. The number of likely N-dealkylation sites (tertiary alicyclic amines) is 2. The van der Waals surface area contributed by atoms with E-state index in [4.69, 9.17) is 0 Å². The molecule has 8 heteroatoms. The number of nitrogens with one attached hydrogen (secondary N) is 1. The number of aromatic nitrogens is 2. The molecule has 0 bridgehead atoms. The Morgan fingerprint density at radius 1 is 1.10 bits per heavy atom. The maximum absolute atomic E-state index is 13.0. The molecule has 1 aromatic heterocycles. The van der Waals surface area contributed by atoms with Crippen molar-refractivity contribution < 1.29 is 9.59 Å². The Bertz CT molecular complexity index is 994. The van der Waals surface area contributed by atoms with Crippen LogP contribution >= 0.6 is 0 Å². The summed E-state index contributed by atoms with van der Waals surface area (Å²) in [5, 5.41) is 2.87. The third kappa shape index (κ3) is 3.32. The number of hydrogen-bond acceptors (Lipinski definition) is 3. The number of fused-ring (bicyclic) bond motifs is 1. The Morgan fingerprint density at radius 2 is 1.83 bits per heavy atom. The first-order chi connectivity index (χ1) is 13.9. The van der Waals surface area contributed by atoms with E-state index in [9.17, 15) is 14.4 Å². The number of urea groups is 1. The van der Waals surface area contributed by atoms with Gasteiger partial charge in [-0.25, -0.2) is 9.48 Å². The highest BCUT2D eigenvalue weighted by Gasteiger charge is 2.41. The van der Waals surface area contributed by atoms with Crippen molar-refractivity contribution in [2.75, 3.05) is 25.0 Å². The van der Waals surface area contributed by atoms with Gasteiger partial charge in [-0.05, 0) is 37.8 Å². The predicted molar refractivity (Wildman–Crippen MR) is 110 cm³/mol. The van der Waals surface area contributed by atoms with Crippen LogP contribution in [0, 0.1) is 12.8 Å². The molecule has 2 fully saturated rings. The van der Waals surface area contributed by atoms with Crippen LogP contribution in [0.25, 0.3) is 5.69 Å². The van der Waals surface area contributed by atoms with Crippen LogP contribution in [0.2, 0.25) is 0 Å². The highest BCUT2D eigenvalue weighted by atomic mass is 16.2. The molecule has 4 rings (SSSR count). The van der Waals surface area contributed by atoms with Gasteiger partial charge < -0.3 is 15.1 Å². The molecule has 3 amide bonds. The van der Waals surface area contributed by atoms with Gasteiger partial charge in [0.1, 0.15) is 5.69 Å². The Hall–Kier alpha value is -3.03. The van der Waals surface area contributed by atoms with Crippen LogP contribution in [0.5, 0.6) is 0 Å². The van der Waals surface area contributed by atoms with Crippen molar-refractivity contribution in [2.24, 2.45) is 13.0 Å². The minimum Gasteiger partial charge on any atom is -0.343 e. The number of carbonyl (C=O) groups excluding carboxylic acids is 2. The van der Waals surface area contributed by atoms with Crippen molar-refractivity contribution in [2.45, 2.75) is 32.7 Å². The van der Waals surface area contributed by atoms with Gasteiger partial charge in [0.25, 0.3) is 5.56 Å². The number of rotatable bonds is 2. The van der Waals surface area contributed by atoms with Gasteiger partial charge in [-0.2, -0.15) is 0 Å². The fourth-order valence-electron chi connectivity index (χ4n) is 4.61. The first-order valence-corrected chi connectivity index (χ1v) is 10.1. The van der Waals surface area contributed by atoms with Gasteiger partial charge in [0.2, 0.25) is 5.91 Å².